The monoisotopic (exact) mass is 153 g/mol. The SMILES string of the molecule is CC[C@@H]1C2CCCC2[C@H]1CN. The highest BCUT2D eigenvalue weighted by atomic mass is 14.6. The Morgan fingerprint density at radius 2 is 1.82 bits per heavy atom. The van der Waals surface area contributed by atoms with E-state index in [-0.39, 0.29) is 0 Å². The Labute approximate surface area is 69.4 Å². The van der Waals surface area contributed by atoms with E-state index >= 15 is 0 Å². The van der Waals surface area contributed by atoms with Crippen molar-refractivity contribution in [3.05, 3.63) is 0 Å². The maximum absolute atomic E-state index is 5.76. The van der Waals surface area contributed by atoms with E-state index in [2.05, 4.69) is 6.92 Å². The number of nitrogens with two attached hydrogens (primary N) is 1. The molecule has 11 heavy (non-hydrogen) atoms. The minimum absolute atomic E-state index is 0.896. The second kappa shape index (κ2) is 2.78. The lowest BCUT2D eigenvalue weighted by atomic mass is 9.57. The fraction of sp³-hybridized carbons (Fsp3) is 1.00. The summed E-state index contributed by atoms with van der Waals surface area (Å²) in [4.78, 5) is 0. The molecule has 4 atom stereocenters. The fourth-order valence-corrected chi connectivity index (χ4v) is 3.53. The molecule has 0 bridgehead atoms. The van der Waals surface area contributed by atoms with Gasteiger partial charge in [0.1, 0.15) is 0 Å². The number of rotatable bonds is 2. The first-order chi connectivity index (χ1) is 5.38. The van der Waals surface area contributed by atoms with Crippen molar-refractivity contribution >= 4 is 0 Å². The molecule has 2 aliphatic rings. The number of fused-ring (bicyclic) bond motifs is 1. The first-order valence-electron chi connectivity index (χ1n) is 5.08. The van der Waals surface area contributed by atoms with Crippen molar-refractivity contribution in [2.24, 2.45) is 29.4 Å². The minimum atomic E-state index is 0.896. The highest BCUT2D eigenvalue weighted by Gasteiger charge is 2.49. The number of hydrogen-bond donors (Lipinski definition) is 1. The van der Waals surface area contributed by atoms with E-state index in [0.717, 1.165) is 30.2 Å². The van der Waals surface area contributed by atoms with Gasteiger partial charge in [0.05, 0.1) is 0 Å². The Hall–Kier alpha value is -0.0400. The average molecular weight is 153 g/mol. The van der Waals surface area contributed by atoms with Crippen molar-refractivity contribution < 1.29 is 0 Å². The second-order valence-electron chi connectivity index (χ2n) is 4.23. The first-order valence-corrected chi connectivity index (χ1v) is 5.08. The van der Waals surface area contributed by atoms with Crippen LogP contribution >= 0.6 is 0 Å². The van der Waals surface area contributed by atoms with Crippen molar-refractivity contribution in [2.75, 3.05) is 6.54 Å². The zero-order valence-electron chi connectivity index (χ0n) is 7.42. The molecule has 0 aromatic carbocycles. The van der Waals surface area contributed by atoms with Crippen LogP contribution in [0.2, 0.25) is 0 Å². The quantitative estimate of drug-likeness (QED) is 0.645. The summed E-state index contributed by atoms with van der Waals surface area (Å²) in [5.74, 6) is 4.00. The molecule has 0 aromatic rings. The van der Waals surface area contributed by atoms with Gasteiger partial charge in [-0.05, 0) is 43.1 Å². The average Bonchev–Trinajstić information content (AvgIpc) is 2.36. The van der Waals surface area contributed by atoms with Crippen molar-refractivity contribution in [1.29, 1.82) is 0 Å². The van der Waals surface area contributed by atoms with Gasteiger partial charge >= 0.3 is 0 Å². The van der Waals surface area contributed by atoms with Gasteiger partial charge < -0.3 is 5.73 Å². The van der Waals surface area contributed by atoms with Crippen LogP contribution in [0, 0.1) is 23.7 Å². The maximum Gasteiger partial charge on any atom is -0.00434 e. The molecule has 64 valence electrons. The molecule has 0 aliphatic heterocycles. The summed E-state index contributed by atoms with van der Waals surface area (Å²) in [6.07, 6.45) is 5.81. The molecule has 2 N–H and O–H groups in total. The smallest absolute Gasteiger partial charge is 0.00434 e. The molecule has 0 amide bonds. The van der Waals surface area contributed by atoms with Crippen LogP contribution < -0.4 is 5.73 Å². The van der Waals surface area contributed by atoms with Gasteiger partial charge in [-0.3, -0.25) is 0 Å². The van der Waals surface area contributed by atoms with Gasteiger partial charge in [-0.2, -0.15) is 0 Å². The maximum atomic E-state index is 5.76. The first kappa shape index (κ1) is 7.60. The highest BCUT2D eigenvalue weighted by molar-refractivity contribution is 4.99. The molecular weight excluding hydrogens is 134 g/mol. The zero-order valence-corrected chi connectivity index (χ0v) is 7.42. The van der Waals surface area contributed by atoms with E-state index in [1.165, 1.54) is 25.7 Å². The molecule has 2 unspecified atom stereocenters. The Morgan fingerprint density at radius 3 is 2.36 bits per heavy atom. The summed E-state index contributed by atoms with van der Waals surface area (Å²) < 4.78 is 0. The van der Waals surface area contributed by atoms with E-state index in [1.54, 1.807) is 0 Å². The molecule has 0 heterocycles. The van der Waals surface area contributed by atoms with Crippen LogP contribution in [0.1, 0.15) is 32.6 Å². The predicted molar refractivity (Wildman–Crippen MR) is 47.2 cm³/mol. The standard InChI is InChI=1S/C10H19N/c1-2-7-8-4-3-5-9(8)10(7)6-11/h7-10H,2-6,11H2,1H3/t7-,8?,9?,10+/m1/s1. The Kier molecular flexibility index (Phi) is 1.92. The molecule has 1 heteroatoms. The molecule has 0 aromatic heterocycles. The van der Waals surface area contributed by atoms with Crippen molar-refractivity contribution in [3.8, 4) is 0 Å². The second-order valence-corrected chi connectivity index (χ2v) is 4.23. The van der Waals surface area contributed by atoms with Crippen LogP contribution in [0.5, 0.6) is 0 Å². The van der Waals surface area contributed by atoms with Crippen LogP contribution in [0.3, 0.4) is 0 Å². The van der Waals surface area contributed by atoms with E-state index in [1.807, 2.05) is 0 Å². The summed E-state index contributed by atoms with van der Waals surface area (Å²) in [5.41, 5.74) is 5.76. The molecule has 0 spiro atoms. The molecule has 2 fully saturated rings. The fourth-order valence-electron chi connectivity index (χ4n) is 3.53. The third kappa shape index (κ3) is 0.936. The van der Waals surface area contributed by atoms with E-state index in [9.17, 15) is 0 Å². The van der Waals surface area contributed by atoms with Gasteiger partial charge in [0.2, 0.25) is 0 Å². The van der Waals surface area contributed by atoms with Crippen molar-refractivity contribution in [1.82, 2.24) is 0 Å². The van der Waals surface area contributed by atoms with Gasteiger partial charge in [0, 0.05) is 0 Å². The zero-order chi connectivity index (χ0) is 7.84. The van der Waals surface area contributed by atoms with E-state index in [0.29, 0.717) is 0 Å². The molecule has 0 saturated heterocycles. The summed E-state index contributed by atoms with van der Waals surface area (Å²) in [6.45, 7) is 3.27. The van der Waals surface area contributed by atoms with Gasteiger partial charge in [0.25, 0.3) is 0 Å². The lowest BCUT2D eigenvalue weighted by Gasteiger charge is -2.48. The van der Waals surface area contributed by atoms with E-state index < -0.39 is 0 Å². The topological polar surface area (TPSA) is 26.0 Å². The van der Waals surface area contributed by atoms with Crippen LogP contribution in [0.4, 0.5) is 0 Å². The summed E-state index contributed by atoms with van der Waals surface area (Å²) in [6, 6.07) is 0. The Bertz CT molecular complexity index is 128. The molecule has 2 saturated carbocycles. The van der Waals surface area contributed by atoms with Crippen LogP contribution in [0.15, 0.2) is 0 Å². The third-order valence-electron chi connectivity index (χ3n) is 4.02. The normalized spacial score (nSPS) is 48.5. The third-order valence-corrected chi connectivity index (χ3v) is 4.02. The van der Waals surface area contributed by atoms with Crippen LogP contribution in [-0.2, 0) is 0 Å². The molecule has 2 aliphatic carbocycles. The Balaban J connectivity index is 2.00. The minimum Gasteiger partial charge on any atom is -0.330 e. The van der Waals surface area contributed by atoms with Crippen LogP contribution in [-0.4, -0.2) is 6.54 Å². The molecule has 2 rings (SSSR count). The van der Waals surface area contributed by atoms with Crippen LogP contribution in [0.25, 0.3) is 0 Å². The molecular formula is C10H19N. The molecule has 0 radical (unpaired) electrons. The number of hydrogen-bond acceptors (Lipinski definition) is 1. The largest absolute Gasteiger partial charge is 0.330 e. The lowest BCUT2D eigenvalue weighted by Crippen LogP contribution is -2.47. The lowest BCUT2D eigenvalue weighted by molar-refractivity contribution is 0.00622. The Morgan fingerprint density at radius 1 is 1.18 bits per heavy atom. The summed E-state index contributed by atoms with van der Waals surface area (Å²) >= 11 is 0. The predicted octanol–water partition coefficient (Wildman–Crippen LogP) is 2.02. The van der Waals surface area contributed by atoms with E-state index in [4.69, 9.17) is 5.73 Å². The van der Waals surface area contributed by atoms with Crippen molar-refractivity contribution in [3.63, 3.8) is 0 Å². The highest BCUT2D eigenvalue weighted by Crippen LogP contribution is 2.55. The van der Waals surface area contributed by atoms with Crippen molar-refractivity contribution in [2.45, 2.75) is 32.6 Å². The van der Waals surface area contributed by atoms with Gasteiger partial charge in [-0.25, -0.2) is 0 Å². The summed E-state index contributed by atoms with van der Waals surface area (Å²) in [5, 5.41) is 0. The van der Waals surface area contributed by atoms with Gasteiger partial charge in [-0.1, -0.05) is 19.8 Å². The summed E-state index contributed by atoms with van der Waals surface area (Å²) in [7, 11) is 0. The molecule has 1 nitrogen and oxygen atoms in total. The van der Waals surface area contributed by atoms with Gasteiger partial charge in [-0.15, -0.1) is 0 Å². The van der Waals surface area contributed by atoms with Gasteiger partial charge in [0.15, 0.2) is 0 Å².